The van der Waals surface area contributed by atoms with E-state index >= 15 is 0 Å². The molecule has 4 N–H and O–H groups in total. The molecule has 0 radical (unpaired) electrons. The largest absolute Gasteiger partial charge is 0.404 e. The molecule has 0 saturated heterocycles. The van der Waals surface area contributed by atoms with Crippen molar-refractivity contribution in [2.75, 3.05) is 5.73 Å². The summed E-state index contributed by atoms with van der Waals surface area (Å²) in [6.45, 7) is 4.00. The normalized spacial score (nSPS) is 12.6. The molecule has 0 spiro atoms. The van der Waals surface area contributed by atoms with Crippen molar-refractivity contribution in [1.82, 2.24) is 4.98 Å². The third-order valence-corrected chi connectivity index (χ3v) is 1.78. The van der Waals surface area contributed by atoms with Crippen molar-refractivity contribution in [1.29, 1.82) is 0 Å². The third kappa shape index (κ3) is 3.42. The number of nitrogens with two attached hydrogens (primary N) is 2. The van der Waals surface area contributed by atoms with Crippen molar-refractivity contribution in [2.45, 2.75) is 19.9 Å². The standard InChI is InChI=1S/C11H16N4/c1-8(2)15-6-10(4-12)9-3-11(13)7-14-5-9/h3-8H,12-13H2,1-2H3/b10-4+,15-6?. The zero-order valence-corrected chi connectivity index (χ0v) is 9.01. The van der Waals surface area contributed by atoms with Gasteiger partial charge in [-0.25, -0.2) is 0 Å². The zero-order valence-electron chi connectivity index (χ0n) is 9.01. The lowest BCUT2D eigenvalue weighted by Gasteiger charge is -2.02. The Morgan fingerprint density at radius 1 is 1.47 bits per heavy atom. The molecule has 15 heavy (non-hydrogen) atoms. The van der Waals surface area contributed by atoms with Crippen LogP contribution in [-0.2, 0) is 0 Å². The predicted octanol–water partition coefficient (Wildman–Crippen LogP) is 1.44. The summed E-state index contributed by atoms with van der Waals surface area (Å²) in [6, 6.07) is 2.06. The molecule has 80 valence electrons. The van der Waals surface area contributed by atoms with Crippen molar-refractivity contribution in [2.24, 2.45) is 10.7 Å². The highest BCUT2D eigenvalue weighted by molar-refractivity contribution is 6.09. The molecule has 0 aliphatic rings. The first-order valence-electron chi connectivity index (χ1n) is 4.79. The fourth-order valence-electron chi connectivity index (χ4n) is 1.06. The Morgan fingerprint density at radius 3 is 2.73 bits per heavy atom. The first kappa shape index (κ1) is 11.2. The molecule has 1 heterocycles. The summed E-state index contributed by atoms with van der Waals surface area (Å²) in [7, 11) is 0. The van der Waals surface area contributed by atoms with E-state index in [2.05, 4.69) is 9.98 Å². The molecule has 1 aromatic heterocycles. The molecular weight excluding hydrogens is 188 g/mol. The summed E-state index contributed by atoms with van der Waals surface area (Å²) in [5, 5.41) is 0. The first-order chi connectivity index (χ1) is 7.13. The molecule has 0 aromatic carbocycles. The van der Waals surface area contributed by atoms with E-state index in [1.807, 2.05) is 19.9 Å². The number of hydrogen-bond donors (Lipinski definition) is 2. The molecule has 0 fully saturated rings. The smallest absolute Gasteiger partial charge is 0.0506 e. The summed E-state index contributed by atoms with van der Waals surface area (Å²) in [6.07, 6.45) is 6.54. The number of rotatable bonds is 3. The van der Waals surface area contributed by atoms with E-state index in [1.165, 1.54) is 6.20 Å². The molecule has 1 rings (SSSR count). The fraction of sp³-hybridized carbons (Fsp3) is 0.273. The maximum atomic E-state index is 5.63. The number of anilines is 1. The van der Waals surface area contributed by atoms with Gasteiger partial charge in [0.1, 0.15) is 0 Å². The van der Waals surface area contributed by atoms with Crippen molar-refractivity contribution in [3.8, 4) is 0 Å². The molecule has 0 atom stereocenters. The van der Waals surface area contributed by atoms with Gasteiger partial charge in [-0.3, -0.25) is 9.98 Å². The Labute approximate surface area is 89.7 Å². The second-order valence-electron chi connectivity index (χ2n) is 3.50. The summed E-state index contributed by atoms with van der Waals surface area (Å²) >= 11 is 0. The summed E-state index contributed by atoms with van der Waals surface area (Å²) < 4.78 is 0. The van der Waals surface area contributed by atoms with Gasteiger partial charge in [0.2, 0.25) is 0 Å². The van der Waals surface area contributed by atoms with Gasteiger partial charge in [0, 0.05) is 42.0 Å². The Morgan fingerprint density at radius 2 is 2.20 bits per heavy atom. The van der Waals surface area contributed by atoms with Gasteiger partial charge < -0.3 is 11.5 Å². The lowest BCUT2D eigenvalue weighted by atomic mass is 10.1. The average Bonchev–Trinajstić information content (AvgIpc) is 2.18. The minimum atomic E-state index is 0.244. The zero-order chi connectivity index (χ0) is 11.3. The third-order valence-electron chi connectivity index (χ3n) is 1.78. The topological polar surface area (TPSA) is 77.3 Å². The highest BCUT2D eigenvalue weighted by atomic mass is 14.7. The summed E-state index contributed by atoms with van der Waals surface area (Å²) in [5.41, 5.74) is 13.5. The lowest BCUT2D eigenvalue weighted by molar-refractivity contribution is 0.842. The van der Waals surface area contributed by atoms with Gasteiger partial charge in [0.05, 0.1) is 5.69 Å². The number of aliphatic imine (C=N–C) groups is 1. The number of aromatic nitrogens is 1. The van der Waals surface area contributed by atoms with Crippen LogP contribution in [0.15, 0.2) is 29.7 Å². The Kier molecular flexibility index (Phi) is 3.85. The molecular formula is C11H16N4. The van der Waals surface area contributed by atoms with Crippen LogP contribution < -0.4 is 11.5 Å². The van der Waals surface area contributed by atoms with Crippen LogP contribution in [0.3, 0.4) is 0 Å². The van der Waals surface area contributed by atoms with Gasteiger partial charge in [0.15, 0.2) is 0 Å². The van der Waals surface area contributed by atoms with Gasteiger partial charge in [-0.05, 0) is 19.9 Å². The molecule has 0 aliphatic carbocycles. The van der Waals surface area contributed by atoms with E-state index in [9.17, 15) is 0 Å². The maximum Gasteiger partial charge on any atom is 0.0506 e. The number of hydrogen-bond acceptors (Lipinski definition) is 4. The van der Waals surface area contributed by atoms with Crippen LogP contribution in [-0.4, -0.2) is 17.2 Å². The summed E-state index contributed by atoms with van der Waals surface area (Å²) in [5.74, 6) is 0. The van der Waals surface area contributed by atoms with Crippen molar-refractivity contribution >= 4 is 17.5 Å². The van der Waals surface area contributed by atoms with E-state index in [0.29, 0.717) is 5.69 Å². The molecule has 0 amide bonds. The van der Waals surface area contributed by atoms with Crippen molar-refractivity contribution < 1.29 is 0 Å². The van der Waals surface area contributed by atoms with Crippen LogP contribution >= 0.6 is 0 Å². The number of nitrogen functional groups attached to an aromatic ring is 1. The predicted molar refractivity (Wildman–Crippen MR) is 64.4 cm³/mol. The minimum absolute atomic E-state index is 0.244. The first-order valence-corrected chi connectivity index (χ1v) is 4.79. The summed E-state index contributed by atoms with van der Waals surface area (Å²) in [4.78, 5) is 8.26. The van der Waals surface area contributed by atoms with Crippen LogP contribution in [0.1, 0.15) is 19.4 Å². The van der Waals surface area contributed by atoms with E-state index in [0.717, 1.165) is 11.1 Å². The number of pyridine rings is 1. The fourth-order valence-corrected chi connectivity index (χ4v) is 1.06. The van der Waals surface area contributed by atoms with Crippen LogP contribution in [0.2, 0.25) is 0 Å². The number of nitrogens with zero attached hydrogens (tertiary/aromatic N) is 2. The molecule has 1 aromatic rings. The van der Waals surface area contributed by atoms with Crippen molar-refractivity contribution in [3.63, 3.8) is 0 Å². The van der Waals surface area contributed by atoms with E-state index in [1.54, 1.807) is 18.6 Å². The van der Waals surface area contributed by atoms with Crippen LogP contribution in [0.5, 0.6) is 0 Å². The second kappa shape index (κ2) is 5.14. The van der Waals surface area contributed by atoms with E-state index in [-0.39, 0.29) is 6.04 Å². The van der Waals surface area contributed by atoms with E-state index in [4.69, 9.17) is 11.5 Å². The van der Waals surface area contributed by atoms with Gasteiger partial charge in [-0.15, -0.1) is 0 Å². The maximum absolute atomic E-state index is 5.63. The second-order valence-corrected chi connectivity index (χ2v) is 3.50. The van der Waals surface area contributed by atoms with E-state index < -0.39 is 0 Å². The van der Waals surface area contributed by atoms with Crippen LogP contribution in [0.25, 0.3) is 5.57 Å². The molecule has 4 heteroatoms. The molecule has 0 aliphatic heterocycles. The Balaban J connectivity index is 2.94. The SMILES string of the molecule is CC(C)N=C/C(=C\N)c1cncc(N)c1. The van der Waals surface area contributed by atoms with Crippen molar-refractivity contribution in [3.05, 3.63) is 30.2 Å². The highest BCUT2D eigenvalue weighted by Gasteiger charge is 1.99. The van der Waals surface area contributed by atoms with Gasteiger partial charge in [-0.1, -0.05) is 0 Å². The lowest BCUT2D eigenvalue weighted by Crippen LogP contribution is -1.97. The van der Waals surface area contributed by atoms with Gasteiger partial charge in [-0.2, -0.15) is 0 Å². The quantitative estimate of drug-likeness (QED) is 0.731. The monoisotopic (exact) mass is 204 g/mol. The Hall–Kier alpha value is -1.84. The van der Waals surface area contributed by atoms with Crippen LogP contribution in [0, 0.1) is 0 Å². The highest BCUT2D eigenvalue weighted by Crippen LogP contribution is 2.13. The van der Waals surface area contributed by atoms with Crippen LogP contribution in [0.4, 0.5) is 5.69 Å². The molecule has 0 saturated carbocycles. The van der Waals surface area contributed by atoms with Gasteiger partial charge >= 0.3 is 0 Å². The van der Waals surface area contributed by atoms with Gasteiger partial charge in [0.25, 0.3) is 0 Å². The molecule has 4 nitrogen and oxygen atoms in total. The molecule has 0 bridgehead atoms. The minimum Gasteiger partial charge on any atom is -0.404 e. The average molecular weight is 204 g/mol. The molecule has 0 unspecified atom stereocenters. The Bertz CT molecular complexity index is 380. The number of allylic oxidation sites excluding steroid dienone is 1.